The van der Waals surface area contributed by atoms with Crippen LogP contribution in [0.25, 0.3) is 0 Å². The van der Waals surface area contributed by atoms with Crippen LogP contribution in [-0.4, -0.2) is 17.0 Å². The molecule has 0 atom stereocenters. The van der Waals surface area contributed by atoms with E-state index in [9.17, 15) is 4.79 Å². The minimum absolute atomic E-state index is 0.0121. The highest BCUT2D eigenvalue weighted by atomic mass is 16.1. The number of anilines is 1. The average Bonchev–Trinajstić information content (AvgIpc) is 2.15. The number of hydrogen-bond acceptors (Lipinski definition) is 4. The summed E-state index contributed by atoms with van der Waals surface area (Å²) in [7, 11) is 0. The Morgan fingerprint density at radius 3 is 2.85 bits per heavy atom. The summed E-state index contributed by atoms with van der Waals surface area (Å²) >= 11 is 0. The van der Waals surface area contributed by atoms with E-state index in [4.69, 9.17) is 0 Å². The lowest BCUT2D eigenvalue weighted by Crippen LogP contribution is -1.96. The van der Waals surface area contributed by atoms with Crippen LogP contribution in [0.3, 0.4) is 0 Å². The number of pyridine rings is 1. The van der Waals surface area contributed by atoms with E-state index in [1.807, 2.05) is 0 Å². The van der Waals surface area contributed by atoms with Gasteiger partial charge in [0.1, 0.15) is 5.82 Å². The van der Waals surface area contributed by atoms with E-state index in [-0.39, 0.29) is 5.78 Å². The first-order valence-corrected chi connectivity index (χ1v) is 3.94. The summed E-state index contributed by atoms with van der Waals surface area (Å²) < 4.78 is 0. The lowest BCUT2D eigenvalue weighted by molar-refractivity contribution is 0.101. The molecule has 0 bridgehead atoms. The molecule has 0 aliphatic heterocycles. The van der Waals surface area contributed by atoms with Crippen molar-refractivity contribution in [2.24, 2.45) is 5.10 Å². The number of hydrazone groups is 1. The number of ketones is 1. The second-order valence-electron chi connectivity index (χ2n) is 2.49. The molecule has 0 saturated heterocycles. The number of hydrogen-bond donors (Lipinski definition) is 1. The van der Waals surface area contributed by atoms with Crippen LogP contribution in [0.1, 0.15) is 24.2 Å². The molecule has 0 spiro atoms. The highest BCUT2D eigenvalue weighted by Crippen LogP contribution is 2.04. The molecule has 13 heavy (non-hydrogen) atoms. The quantitative estimate of drug-likeness (QED) is 0.434. The first-order valence-electron chi connectivity index (χ1n) is 3.94. The van der Waals surface area contributed by atoms with Crippen LogP contribution in [0.15, 0.2) is 23.4 Å². The van der Waals surface area contributed by atoms with Gasteiger partial charge in [0.05, 0.1) is 0 Å². The molecule has 1 rings (SSSR count). The minimum atomic E-state index is 0.0121. The molecule has 0 aromatic carbocycles. The van der Waals surface area contributed by atoms with Crippen LogP contribution in [0.2, 0.25) is 0 Å². The molecule has 68 valence electrons. The van der Waals surface area contributed by atoms with Crippen molar-refractivity contribution in [3.05, 3.63) is 23.9 Å². The molecule has 0 radical (unpaired) electrons. The number of nitrogens with zero attached hydrogens (tertiary/aromatic N) is 2. The van der Waals surface area contributed by atoms with E-state index in [1.54, 1.807) is 25.3 Å². The first-order chi connectivity index (χ1) is 6.24. The van der Waals surface area contributed by atoms with Crippen molar-refractivity contribution in [2.75, 3.05) is 5.43 Å². The maximum absolute atomic E-state index is 10.9. The summed E-state index contributed by atoms with van der Waals surface area (Å²) in [5, 5.41) is 3.79. The molecule has 4 nitrogen and oxygen atoms in total. The molecule has 1 N–H and O–H groups in total. The van der Waals surface area contributed by atoms with Gasteiger partial charge in [-0.25, -0.2) is 4.98 Å². The predicted molar refractivity (Wildman–Crippen MR) is 52.0 cm³/mol. The van der Waals surface area contributed by atoms with Crippen LogP contribution in [0.5, 0.6) is 0 Å². The molecule has 0 saturated carbocycles. The zero-order valence-electron chi connectivity index (χ0n) is 7.61. The smallest absolute Gasteiger partial charge is 0.161 e. The van der Waals surface area contributed by atoms with Crippen LogP contribution in [0.4, 0.5) is 5.82 Å². The molecule has 0 fully saturated rings. The second-order valence-corrected chi connectivity index (χ2v) is 2.49. The summed E-state index contributed by atoms with van der Waals surface area (Å²) in [6.45, 7) is 3.31. The van der Waals surface area contributed by atoms with Gasteiger partial charge in [-0.05, 0) is 26.0 Å². The van der Waals surface area contributed by atoms with Gasteiger partial charge in [-0.2, -0.15) is 5.10 Å². The van der Waals surface area contributed by atoms with E-state index in [1.165, 1.54) is 13.1 Å². The molecular weight excluding hydrogens is 166 g/mol. The number of Topliss-reactive ketones (excluding diaryl/α,β-unsaturated/α-hetero) is 1. The molecular formula is C9H11N3O. The van der Waals surface area contributed by atoms with Gasteiger partial charge in [0.15, 0.2) is 5.78 Å². The van der Waals surface area contributed by atoms with E-state index < -0.39 is 0 Å². The summed E-state index contributed by atoms with van der Waals surface area (Å²) in [6, 6.07) is 3.42. The first kappa shape index (κ1) is 9.38. The Morgan fingerprint density at radius 2 is 2.38 bits per heavy atom. The third-order valence-corrected chi connectivity index (χ3v) is 1.48. The Balaban J connectivity index is 2.75. The average molecular weight is 177 g/mol. The van der Waals surface area contributed by atoms with Crippen LogP contribution >= 0.6 is 0 Å². The van der Waals surface area contributed by atoms with Crippen molar-refractivity contribution < 1.29 is 4.79 Å². The lowest BCUT2D eigenvalue weighted by Gasteiger charge is -1.98. The summed E-state index contributed by atoms with van der Waals surface area (Å²) in [6.07, 6.45) is 3.15. The fourth-order valence-electron chi connectivity index (χ4n) is 0.799. The van der Waals surface area contributed by atoms with E-state index in [0.717, 1.165) is 0 Å². The largest absolute Gasteiger partial charge is 0.294 e. The maximum atomic E-state index is 10.9. The van der Waals surface area contributed by atoms with Crippen LogP contribution in [-0.2, 0) is 0 Å². The minimum Gasteiger partial charge on any atom is -0.294 e. The Labute approximate surface area is 76.7 Å². The van der Waals surface area contributed by atoms with Crippen molar-refractivity contribution in [1.29, 1.82) is 0 Å². The number of nitrogens with one attached hydrogen (secondary N) is 1. The SMILES string of the molecule is C/C=N/Nc1ccc(C(C)=O)cn1. The molecule has 0 aliphatic carbocycles. The van der Waals surface area contributed by atoms with Crippen LogP contribution < -0.4 is 5.43 Å². The summed E-state index contributed by atoms with van der Waals surface area (Å²) in [5.74, 6) is 0.640. The van der Waals surface area contributed by atoms with Gasteiger partial charge in [0.2, 0.25) is 0 Å². The fourth-order valence-corrected chi connectivity index (χ4v) is 0.799. The molecule has 0 amide bonds. The molecule has 0 unspecified atom stereocenters. The zero-order valence-corrected chi connectivity index (χ0v) is 7.61. The normalized spacial score (nSPS) is 10.3. The highest BCUT2D eigenvalue weighted by molar-refractivity contribution is 5.93. The molecule has 0 aliphatic rings. The fraction of sp³-hybridized carbons (Fsp3) is 0.222. The van der Waals surface area contributed by atoms with Crippen molar-refractivity contribution in [2.45, 2.75) is 13.8 Å². The number of rotatable bonds is 3. The van der Waals surface area contributed by atoms with Crippen molar-refractivity contribution in [3.63, 3.8) is 0 Å². The van der Waals surface area contributed by atoms with E-state index in [2.05, 4.69) is 15.5 Å². The number of carbonyl (C=O) groups excluding carboxylic acids is 1. The lowest BCUT2D eigenvalue weighted by atomic mass is 10.2. The van der Waals surface area contributed by atoms with Gasteiger partial charge >= 0.3 is 0 Å². The summed E-state index contributed by atoms with van der Waals surface area (Å²) in [5.41, 5.74) is 3.31. The zero-order chi connectivity index (χ0) is 9.68. The second kappa shape index (κ2) is 4.35. The topological polar surface area (TPSA) is 54.4 Å². The van der Waals surface area contributed by atoms with Gasteiger partial charge in [-0.3, -0.25) is 10.2 Å². The van der Waals surface area contributed by atoms with Crippen LogP contribution in [0, 0.1) is 0 Å². The van der Waals surface area contributed by atoms with Gasteiger partial charge < -0.3 is 0 Å². The maximum Gasteiger partial charge on any atom is 0.161 e. The van der Waals surface area contributed by atoms with E-state index >= 15 is 0 Å². The Bertz CT molecular complexity index is 316. The molecule has 4 heteroatoms. The van der Waals surface area contributed by atoms with Gasteiger partial charge in [-0.1, -0.05) is 0 Å². The Morgan fingerprint density at radius 1 is 1.62 bits per heavy atom. The third kappa shape index (κ3) is 2.66. The van der Waals surface area contributed by atoms with Gasteiger partial charge in [0.25, 0.3) is 0 Å². The Kier molecular flexibility index (Phi) is 3.14. The Hall–Kier alpha value is -1.71. The van der Waals surface area contributed by atoms with E-state index in [0.29, 0.717) is 11.4 Å². The monoisotopic (exact) mass is 177 g/mol. The number of carbonyl (C=O) groups is 1. The van der Waals surface area contributed by atoms with Gasteiger partial charge in [0, 0.05) is 18.0 Å². The highest BCUT2D eigenvalue weighted by Gasteiger charge is 1.98. The van der Waals surface area contributed by atoms with Crippen molar-refractivity contribution in [1.82, 2.24) is 4.98 Å². The van der Waals surface area contributed by atoms with Gasteiger partial charge in [-0.15, -0.1) is 0 Å². The predicted octanol–water partition coefficient (Wildman–Crippen LogP) is 1.70. The summed E-state index contributed by atoms with van der Waals surface area (Å²) in [4.78, 5) is 14.9. The third-order valence-electron chi connectivity index (χ3n) is 1.48. The molecule has 1 heterocycles. The number of aromatic nitrogens is 1. The van der Waals surface area contributed by atoms with Crippen molar-refractivity contribution >= 4 is 17.8 Å². The van der Waals surface area contributed by atoms with Crippen molar-refractivity contribution in [3.8, 4) is 0 Å². The molecule has 1 aromatic heterocycles. The molecule has 1 aromatic rings. The standard InChI is InChI=1S/C9H11N3O/c1-3-11-12-9-5-4-8(6-10-9)7(2)13/h3-6H,1-2H3,(H,10,12)/b11-3+.